The van der Waals surface area contributed by atoms with E-state index in [-0.39, 0.29) is 17.4 Å². The second-order valence-corrected chi connectivity index (χ2v) is 8.65. The van der Waals surface area contributed by atoms with Gasteiger partial charge in [0, 0.05) is 30.6 Å². The van der Waals surface area contributed by atoms with Crippen LogP contribution in [0.3, 0.4) is 0 Å². The summed E-state index contributed by atoms with van der Waals surface area (Å²) in [6.45, 7) is 2.25. The Morgan fingerprint density at radius 3 is 2.53 bits per heavy atom. The molecule has 1 aromatic heterocycles. The van der Waals surface area contributed by atoms with E-state index in [2.05, 4.69) is 22.1 Å². The average Bonchev–Trinajstić information content (AvgIpc) is 3.42. The molecule has 3 aromatic rings. The van der Waals surface area contributed by atoms with Crippen molar-refractivity contribution in [2.45, 2.75) is 12.5 Å². The van der Waals surface area contributed by atoms with Gasteiger partial charge in [-0.3, -0.25) is 9.69 Å². The molecule has 1 amide bonds. The molecule has 2 saturated heterocycles. The number of benzene rings is 2. The summed E-state index contributed by atoms with van der Waals surface area (Å²) in [6, 6.07) is 15.2. The lowest BCUT2D eigenvalue weighted by molar-refractivity contribution is 0.0112. The monoisotopic (exact) mass is 434 g/mol. The summed E-state index contributed by atoms with van der Waals surface area (Å²) >= 11 is 0. The number of ether oxygens (including phenoxy) is 2. The molecule has 0 radical (unpaired) electrons. The molecule has 8 heteroatoms. The van der Waals surface area contributed by atoms with E-state index in [1.54, 1.807) is 26.4 Å². The van der Waals surface area contributed by atoms with Gasteiger partial charge in [-0.25, -0.2) is 0 Å². The molecule has 8 nitrogen and oxygen atoms in total. The first kappa shape index (κ1) is 20.5. The van der Waals surface area contributed by atoms with Crippen LogP contribution in [-0.2, 0) is 0 Å². The Morgan fingerprint density at radius 2 is 1.81 bits per heavy atom. The van der Waals surface area contributed by atoms with E-state index in [0.29, 0.717) is 41.9 Å². The molecule has 0 bridgehead atoms. The highest BCUT2D eigenvalue weighted by atomic mass is 16.5. The zero-order valence-corrected chi connectivity index (χ0v) is 18.4. The smallest absolute Gasteiger partial charge is 0.257 e. The van der Waals surface area contributed by atoms with E-state index >= 15 is 0 Å². The standard InChI is InChI=1S/C24H26N4O4/c1-27-13-24(12-18(27)22-26-25-21(32-22)16-8-5-4-6-9-16)14-28(15-24)23(29)17-10-7-11-19(30-2)20(17)31-3/h4-11,18H,12-15H2,1-3H3. The largest absolute Gasteiger partial charge is 0.493 e. The first-order valence-electron chi connectivity index (χ1n) is 10.6. The molecule has 2 fully saturated rings. The number of methoxy groups -OCH3 is 2. The Bertz CT molecular complexity index is 1120. The minimum absolute atomic E-state index is 0.0303. The van der Waals surface area contributed by atoms with E-state index in [9.17, 15) is 4.79 Å². The van der Waals surface area contributed by atoms with Crippen molar-refractivity contribution in [3.8, 4) is 23.0 Å². The van der Waals surface area contributed by atoms with Crippen LogP contribution in [0.1, 0.15) is 28.7 Å². The highest BCUT2D eigenvalue weighted by Gasteiger charge is 2.53. The summed E-state index contributed by atoms with van der Waals surface area (Å²) in [4.78, 5) is 17.3. The van der Waals surface area contributed by atoms with Crippen LogP contribution in [0.2, 0.25) is 0 Å². The molecule has 32 heavy (non-hydrogen) atoms. The molecule has 0 N–H and O–H groups in total. The zero-order valence-electron chi connectivity index (χ0n) is 18.4. The minimum Gasteiger partial charge on any atom is -0.493 e. The number of nitrogens with zero attached hydrogens (tertiary/aromatic N) is 4. The second kappa shape index (κ2) is 7.94. The third kappa shape index (κ3) is 3.40. The van der Waals surface area contributed by atoms with Gasteiger partial charge in [0.1, 0.15) is 0 Å². The third-order valence-electron chi connectivity index (χ3n) is 6.46. The van der Waals surface area contributed by atoms with Gasteiger partial charge in [-0.2, -0.15) is 0 Å². The SMILES string of the molecule is COc1cccc(C(=O)N2CC3(CC(c4nnc(-c5ccccc5)o4)N(C)C3)C2)c1OC. The summed E-state index contributed by atoms with van der Waals surface area (Å²) in [5.74, 6) is 2.15. The van der Waals surface area contributed by atoms with Crippen LogP contribution in [-0.4, -0.2) is 66.8 Å². The van der Waals surface area contributed by atoms with Gasteiger partial charge in [0.25, 0.3) is 5.91 Å². The number of para-hydroxylation sites is 1. The van der Waals surface area contributed by atoms with Crippen molar-refractivity contribution < 1.29 is 18.7 Å². The molecular formula is C24H26N4O4. The van der Waals surface area contributed by atoms with Crippen LogP contribution in [0.5, 0.6) is 11.5 Å². The highest BCUT2D eigenvalue weighted by Crippen LogP contribution is 2.48. The Balaban J connectivity index is 1.29. The van der Waals surface area contributed by atoms with Crippen molar-refractivity contribution in [2.24, 2.45) is 5.41 Å². The summed E-state index contributed by atoms with van der Waals surface area (Å²) in [7, 11) is 5.19. The van der Waals surface area contributed by atoms with Crippen LogP contribution in [0.4, 0.5) is 0 Å². The van der Waals surface area contributed by atoms with E-state index in [1.807, 2.05) is 41.3 Å². The predicted molar refractivity (Wildman–Crippen MR) is 118 cm³/mol. The Kier molecular flexibility index (Phi) is 5.09. The van der Waals surface area contributed by atoms with Crippen molar-refractivity contribution in [1.29, 1.82) is 0 Å². The first-order valence-corrected chi connectivity index (χ1v) is 10.6. The van der Waals surface area contributed by atoms with Crippen molar-refractivity contribution in [2.75, 3.05) is 40.9 Å². The number of hydrogen-bond acceptors (Lipinski definition) is 7. The van der Waals surface area contributed by atoms with Gasteiger partial charge in [-0.05, 0) is 37.7 Å². The first-order chi connectivity index (χ1) is 15.5. The van der Waals surface area contributed by atoms with Crippen molar-refractivity contribution >= 4 is 5.91 Å². The summed E-state index contributed by atoms with van der Waals surface area (Å²) in [5, 5.41) is 8.56. The molecule has 2 aromatic carbocycles. The predicted octanol–water partition coefficient (Wildman–Crippen LogP) is 3.27. The number of carbonyl (C=O) groups is 1. The van der Waals surface area contributed by atoms with Gasteiger partial charge in [-0.1, -0.05) is 24.3 Å². The van der Waals surface area contributed by atoms with E-state index in [0.717, 1.165) is 18.5 Å². The van der Waals surface area contributed by atoms with Crippen LogP contribution in [0.25, 0.3) is 11.5 Å². The molecule has 0 saturated carbocycles. The van der Waals surface area contributed by atoms with Gasteiger partial charge in [0.15, 0.2) is 11.5 Å². The lowest BCUT2D eigenvalue weighted by Crippen LogP contribution is -2.59. The third-order valence-corrected chi connectivity index (χ3v) is 6.46. The molecule has 5 rings (SSSR count). The number of rotatable bonds is 5. The van der Waals surface area contributed by atoms with Crippen molar-refractivity contribution in [1.82, 2.24) is 20.0 Å². The fraction of sp³-hybridized carbons (Fsp3) is 0.375. The minimum atomic E-state index is -0.0402. The number of aromatic nitrogens is 2. The van der Waals surface area contributed by atoms with E-state index < -0.39 is 0 Å². The van der Waals surface area contributed by atoms with Crippen LogP contribution < -0.4 is 9.47 Å². The van der Waals surface area contributed by atoms with Crippen molar-refractivity contribution in [3.05, 3.63) is 60.0 Å². The fourth-order valence-electron chi connectivity index (χ4n) is 4.97. The van der Waals surface area contributed by atoms with Gasteiger partial charge in [0.05, 0.1) is 25.8 Å². The maximum Gasteiger partial charge on any atom is 0.257 e. The van der Waals surface area contributed by atoms with Gasteiger partial charge in [0.2, 0.25) is 11.8 Å². The van der Waals surface area contributed by atoms with Gasteiger partial charge < -0.3 is 18.8 Å². The molecule has 1 unspecified atom stereocenters. The quantitative estimate of drug-likeness (QED) is 0.610. The lowest BCUT2D eigenvalue weighted by Gasteiger charge is -2.48. The van der Waals surface area contributed by atoms with E-state index in [4.69, 9.17) is 13.9 Å². The molecule has 1 atom stereocenters. The van der Waals surface area contributed by atoms with Crippen LogP contribution in [0, 0.1) is 5.41 Å². The summed E-state index contributed by atoms with van der Waals surface area (Å²) < 4.78 is 16.8. The topological polar surface area (TPSA) is 80.9 Å². The van der Waals surface area contributed by atoms with Crippen LogP contribution >= 0.6 is 0 Å². The summed E-state index contributed by atoms with van der Waals surface area (Å²) in [5.41, 5.74) is 1.46. The highest BCUT2D eigenvalue weighted by molar-refractivity contribution is 5.98. The average molecular weight is 434 g/mol. The van der Waals surface area contributed by atoms with Crippen molar-refractivity contribution in [3.63, 3.8) is 0 Å². The molecule has 2 aliphatic heterocycles. The number of carbonyl (C=O) groups excluding carboxylic acids is 1. The van der Waals surface area contributed by atoms with Crippen LogP contribution in [0.15, 0.2) is 52.9 Å². The summed E-state index contributed by atoms with van der Waals surface area (Å²) in [6.07, 6.45) is 0.874. The Morgan fingerprint density at radius 1 is 1.03 bits per heavy atom. The maximum absolute atomic E-state index is 13.1. The van der Waals surface area contributed by atoms with Gasteiger partial charge in [-0.15, -0.1) is 10.2 Å². The Hall–Kier alpha value is -3.39. The normalized spacial score (nSPS) is 19.7. The van der Waals surface area contributed by atoms with Gasteiger partial charge >= 0.3 is 0 Å². The molecular weight excluding hydrogens is 408 g/mol. The Labute approximate surface area is 186 Å². The molecule has 166 valence electrons. The number of likely N-dealkylation sites (tertiary alicyclic amines) is 2. The number of amides is 1. The lowest BCUT2D eigenvalue weighted by atomic mass is 9.77. The molecule has 0 aliphatic carbocycles. The zero-order chi connectivity index (χ0) is 22.3. The van der Waals surface area contributed by atoms with E-state index in [1.165, 1.54) is 0 Å². The fourth-order valence-corrected chi connectivity index (χ4v) is 4.97. The molecule has 3 heterocycles. The second-order valence-electron chi connectivity index (χ2n) is 8.65. The molecule has 1 spiro atoms. The maximum atomic E-state index is 13.1. The molecule has 2 aliphatic rings. The number of hydrogen-bond donors (Lipinski definition) is 0.